The molecule has 0 atom stereocenters. The summed E-state index contributed by atoms with van der Waals surface area (Å²) in [5, 5.41) is 0. The maximum atomic E-state index is 12.4. The number of halogens is 2. The molecule has 0 aromatic heterocycles. The van der Waals surface area contributed by atoms with Gasteiger partial charge >= 0.3 is 17.9 Å². The van der Waals surface area contributed by atoms with E-state index >= 15 is 0 Å². The van der Waals surface area contributed by atoms with Crippen molar-refractivity contribution in [2.75, 3.05) is 7.11 Å². The molecule has 3 rings (SSSR count). The lowest BCUT2D eigenvalue weighted by Gasteiger charge is -2.09. The predicted molar refractivity (Wildman–Crippen MR) is 118 cm³/mol. The van der Waals surface area contributed by atoms with Crippen molar-refractivity contribution in [2.45, 2.75) is 13.8 Å². The Kier molecular flexibility index (Phi) is 6.91. The van der Waals surface area contributed by atoms with Crippen LogP contribution in [0.25, 0.3) is 6.08 Å². The van der Waals surface area contributed by atoms with Gasteiger partial charge in [0.15, 0.2) is 22.9 Å². The molecule has 0 spiro atoms. The summed E-state index contributed by atoms with van der Waals surface area (Å²) in [4.78, 5) is 39.3. The van der Waals surface area contributed by atoms with Crippen LogP contribution in [0.2, 0.25) is 0 Å². The zero-order valence-electron chi connectivity index (χ0n) is 16.5. The third-order valence-electron chi connectivity index (χ3n) is 3.86. The summed E-state index contributed by atoms with van der Waals surface area (Å²) >= 11 is 6.71. The topological polar surface area (TPSA) is 100 Å². The Morgan fingerprint density at radius 1 is 1.03 bits per heavy atom. The summed E-state index contributed by atoms with van der Waals surface area (Å²) in [6.45, 7) is 2.55. The lowest BCUT2D eigenvalue weighted by Crippen LogP contribution is -2.07. The van der Waals surface area contributed by atoms with Crippen LogP contribution >= 0.6 is 31.9 Å². The fourth-order valence-corrected chi connectivity index (χ4v) is 4.00. The molecule has 0 fully saturated rings. The van der Waals surface area contributed by atoms with Gasteiger partial charge in [-0.3, -0.25) is 9.59 Å². The van der Waals surface area contributed by atoms with E-state index in [1.165, 1.54) is 39.2 Å². The molecule has 0 saturated heterocycles. The molecule has 0 N–H and O–H groups in total. The second-order valence-corrected chi connectivity index (χ2v) is 7.96. The molecule has 2 aromatic carbocycles. The minimum absolute atomic E-state index is 0.0106. The minimum Gasteiger partial charge on any atom is -0.493 e. The van der Waals surface area contributed by atoms with E-state index in [2.05, 4.69) is 36.9 Å². The number of carbonyl (C=O) groups excluding carboxylic acids is 3. The Morgan fingerprint density at radius 2 is 1.74 bits per heavy atom. The highest BCUT2D eigenvalue weighted by Gasteiger charge is 2.26. The van der Waals surface area contributed by atoms with Crippen LogP contribution in [-0.2, 0) is 19.1 Å². The van der Waals surface area contributed by atoms with Gasteiger partial charge in [0, 0.05) is 29.4 Å². The quantitative estimate of drug-likeness (QED) is 0.307. The molecule has 0 radical (unpaired) electrons. The van der Waals surface area contributed by atoms with Gasteiger partial charge in [-0.25, -0.2) is 9.79 Å². The van der Waals surface area contributed by atoms with Gasteiger partial charge in [-0.1, -0.05) is 15.9 Å². The number of rotatable bonds is 5. The Hall–Kier alpha value is -2.98. The summed E-state index contributed by atoms with van der Waals surface area (Å²) < 4.78 is 22.1. The number of benzene rings is 2. The first kappa shape index (κ1) is 22.7. The summed E-state index contributed by atoms with van der Waals surface area (Å²) in [6.07, 6.45) is 1.45. The second kappa shape index (κ2) is 9.44. The van der Waals surface area contributed by atoms with Crippen molar-refractivity contribution >= 4 is 61.7 Å². The molecule has 0 bridgehead atoms. The van der Waals surface area contributed by atoms with Gasteiger partial charge in [0.2, 0.25) is 5.90 Å². The normalized spacial score (nSPS) is 14.2. The molecule has 0 amide bonds. The molecule has 10 heteroatoms. The van der Waals surface area contributed by atoms with Gasteiger partial charge in [0.05, 0.1) is 11.6 Å². The SMILES string of the molecule is COc1cc(C2=N/C(=C\c3cc(Br)cc(Br)c3OC(C)=O)C(=O)O2)ccc1OC(C)=O. The highest BCUT2D eigenvalue weighted by Crippen LogP contribution is 2.36. The van der Waals surface area contributed by atoms with E-state index in [0.717, 1.165) is 0 Å². The molecule has 31 heavy (non-hydrogen) atoms. The van der Waals surface area contributed by atoms with Crippen molar-refractivity contribution in [3.8, 4) is 17.2 Å². The Labute approximate surface area is 194 Å². The largest absolute Gasteiger partial charge is 0.493 e. The van der Waals surface area contributed by atoms with Crippen LogP contribution in [-0.4, -0.2) is 30.9 Å². The van der Waals surface area contributed by atoms with E-state index < -0.39 is 17.9 Å². The van der Waals surface area contributed by atoms with Gasteiger partial charge < -0.3 is 18.9 Å². The number of aliphatic imine (C=N–C) groups is 1. The van der Waals surface area contributed by atoms with Crippen molar-refractivity contribution in [3.63, 3.8) is 0 Å². The molecule has 1 heterocycles. The number of hydrogen-bond donors (Lipinski definition) is 0. The Bertz CT molecular complexity index is 1150. The zero-order chi connectivity index (χ0) is 22.7. The first-order chi connectivity index (χ1) is 14.7. The fraction of sp³-hybridized carbons (Fsp3) is 0.143. The maximum absolute atomic E-state index is 12.4. The smallest absolute Gasteiger partial charge is 0.363 e. The molecular formula is C21H15Br2NO7. The average Bonchev–Trinajstić information content (AvgIpc) is 3.04. The highest BCUT2D eigenvalue weighted by atomic mass is 79.9. The molecule has 8 nitrogen and oxygen atoms in total. The van der Waals surface area contributed by atoms with E-state index in [4.69, 9.17) is 18.9 Å². The molecule has 1 aliphatic rings. The van der Waals surface area contributed by atoms with Crippen molar-refractivity contribution in [2.24, 2.45) is 4.99 Å². The van der Waals surface area contributed by atoms with Crippen molar-refractivity contribution in [1.82, 2.24) is 0 Å². The lowest BCUT2D eigenvalue weighted by molar-refractivity contribution is -0.132. The Balaban J connectivity index is 2.00. The number of carbonyl (C=O) groups is 3. The summed E-state index contributed by atoms with van der Waals surface area (Å²) in [5.41, 5.74) is 0.896. The van der Waals surface area contributed by atoms with E-state index in [0.29, 0.717) is 20.1 Å². The van der Waals surface area contributed by atoms with Crippen LogP contribution in [0.5, 0.6) is 17.2 Å². The van der Waals surface area contributed by atoms with Gasteiger partial charge in [0.25, 0.3) is 0 Å². The van der Waals surface area contributed by atoms with Gasteiger partial charge in [-0.15, -0.1) is 0 Å². The number of nitrogens with zero attached hydrogens (tertiary/aromatic N) is 1. The minimum atomic E-state index is -0.678. The second-order valence-electron chi connectivity index (χ2n) is 6.19. The Morgan fingerprint density at radius 3 is 2.39 bits per heavy atom. The molecule has 1 aliphatic heterocycles. The summed E-state index contributed by atoms with van der Waals surface area (Å²) in [5.74, 6) is -0.895. The van der Waals surface area contributed by atoms with Crippen molar-refractivity contribution in [3.05, 3.63) is 56.1 Å². The van der Waals surface area contributed by atoms with E-state index in [-0.39, 0.29) is 28.8 Å². The van der Waals surface area contributed by atoms with E-state index in [1.807, 2.05) is 0 Å². The third kappa shape index (κ3) is 5.39. The molecule has 0 saturated carbocycles. The van der Waals surface area contributed by atoms with Gasteiger partial charge in [0.1, 0.15) is 0 Å². The van der Waals surface area contributed by atoms with Crippen LogP contribution in [0.15, 0.2) is 50.0 Å². The number of ether oxygens (including phenoxy) is 4. The lowest BCUT2D eigenvalue weighted by atomic mass is 10.1. The van der Waals surface area contributed by atoms with Gasteiger partial charge in [-0.2, -0.15) is 0 Å². The number of esters is 3. The van der Waals surface area contributed by atoms with Crippen LogP contribution in [0.3, 0.4) is 0 Å². The van der Waals surface area contributed by atoms with Crippen LogP contribution in [0, 0.1) is 0 Å². The molecule has 160 valence electrons. The average molecular weight is 553 g/mol. The van der Waals surface area contributed by atoms with E-state index in [9.17, 15) is 14.4 Å². The maximum Gasteiger partial charge on any atom is 0.363 e. The van der Waals surface area contributed by atoms with Crippen LogP contribution in [0.1, 0.15) is 25.0 Å². The zero-order valence-corrected chi connectivity index (χ0v) is 19.7. The summed E-state index contributed by atoms with van der Waals surface area (Å²) in [6, 6.07) is 8.01. The molecule has 2 aromatic rings. The monoisotopic (exact) mass is 551 g/mol. The van der Waals surface area contributed by atoms with Gasteiger partial charge in [-0.05, 0) is 52.3 Å². The van der Waals surface area contributed by atoms with Crippen molar-refractivity contribution in [1.29, 1.82) is 0 Å². The third-order valence-corrected chi connectivity index (χ3v) is 4.91. The molecule has 0 unspecified atom stereocenters. The first-order valence-corrected chi connectivity index (χ1v) is 10.3. The predicted octanol–water partition coefficient (Wildman–Crippen LogP) is 4.42. The molecule has 0 aliphatic carbocycles. The van der Waals surface area contributed by atoms with Crippen LogP contribution in [0.4, 0.5) is 0 Å². The van der Waals surface area contributed by atoms with E-state index in [1.54, 1.807) is 18.2 Å². The number of cyclic esters (lactones) is 1. The highest BCUT2D eigenvalue weighted by molar-refractivity contribution is 9.11. The van der Waals surface area contributed by atoms with Crippen molar-refractivity contribution < 1.29 is 33.3 Å². The first-order valence-electron chi connectivity index (χ1n) is 8.74. The summed E-state index contributed by atoms with van der Waals surface area (Å²) in [7, 11) is 1.42. The number of hydrogen-bond acceptors (Lipinski definition) is 8. The number of methoxy groups -OCH3 is 1. The standard InChI is InChI=1S/C21H15Br2NO7/c1-10(25)29-17-5-4-12(8-18(17)28-3)20-24-16(21(27)31-20)7-13-6-14(22)9-15(23)19(13)30-11(2)26/h4-9H,1-3H3/b16-7-. The molecular weight excluding hydrogens is 538 g/mol. The fourth-order valence-electron chi connectivity index (χ4n) is 2.66. The van der Waals surface area contributed by atoms with Crippen LogP contribution < -0.4 is 14.2 Å².